The number of thioether (sulfide) groups is 1. The van der Waals surface area contributed by atoms with Crippen LogP contribution in [0, 0.1) is 0 Å². The summed E-state index contributed by atoms with van der Waals surface area (Å²) in [7, 11) is 2.09. The van der Waals surface area contributed by atoms with E-state index in [2.05, 4.69) is 30.1 Å². The van der Waals surface area contributed by atoms with E-state index in [-0.39, 0.29) is 0 Å². The van der Waals surface area contributed by atoms with Gasteiger partial charge in [0.1, 0.15) is 5.15 Å². The molecule has 0 aromatic carbocycles. The van der Waals surface area contributed by atoms with Gasteiger partial charge in [-0.15, -0.1) is 0 Å². The van der Waals surface area contributed by atoms with E-state index in [4.69, 9.17) is 23.2 Å². The van der Waals surface area contributed by atoms with Crippen molar-refractivity contribution in [2.75, 3.05) is 19.1 Å². The minimum Gasteiger partial charge on any atom is -0.299 e. The highest BCUT2D eigenvalue weighted by molar-refractivity contribution is 7.98. The molecule has 16 heavy (non-hydrogen) atoms. The zero-order valence-corrected chi connectivity index (χ0v) is 12.0. The molecule has 0 saturated heterocycles. The fourth-order valence-electron chi connectivity index (χ4n) is 1.35. The van der Waals surface area contributed by atoms with Crippen LogP contribution in [0.1, 0.15) is 12.5 Å². The van der Waals surface area contributed by atoms with Crippen LogP contribution in [-0.4, -0.2) is 35.0 Å². The second kappa shape index (κ2) is 6.70. The average molecular weight is 279 g/mol. The van der Waals surface area contributed by atoms with Crippen LogP contribution in [0.25, 0.3) is 0 Å². The van der Waals surface area contributed by atoms with E-state index in [1.54, 1.807) is 12.3 Å². The van der Waals surface area contributed by atoms with Crippen LogP contribution >= 0.6 is 35.0 Å². The summed E-state index contributed by atoms with van der Waals surface area (Å²) in [6.45, 7) is 3.00. The van der Waals surface area contributed by atoms with E-state index < -0.39 is 0 Å². The monoisotopic (exact) mass is 278 g/mol. The maximum Gasteiger partial charge on any atom is 0.130 e. The van der Waals surface area contributed by atoms with Crippen molar-refractivity contribution in [3.8, 4) is 0 Å². The Labute approximate surface area is 111 Å². The Hall–Kier alpha value is 0.0400. The highest BCUT2D eigenvalue weighted by Gasteiger charge is 2.11. The molecule has 0 aliphatic rings. The van der Waals surface area contributed by atoms with Gasteiger partial charge in [0, 0.05) is 35.1 Å². The number of nitrogens with zero attached hydrogens (tertiary/aromatic N) is 2. The van der Waals surface area contributed by atoms with Crippen molar-refractivity contribution in [3.05, 3.63) is 28.0 Å². The van der Waals surface area contributed by atoms with E-state index in [9.17, 15) is 0 Å². The molecule has 0 radical (unpaired) electrons. The van der Waals surface area contributed by atoms with Crippen LogP contribution in [0.3, 0.4) is 0 Å². The zero-order valence-electron chi connectivity index (χ0n) is 9.70. The Morgan fingerprint density at radius 1 is 1.50 bits per heavy atom. The van der Waals surface area contributed by atoms with Crippen molar-refractivity contribution in [2.24, 2.45) is 0 Å². The molecule has 1 unspecified atom stereocenters. The molecule has 2 nitrogen and oxygen atoms in total. The Kier molecular flexibility index (Phi) is 5.90. The van der Waals surface area contributed by atoms with Gasteiger partial charge in [-0.2, -0.15) is 11.8 Å². The smallest absolute Gasteiger partial charge is 0.130 e. The molecule has 1 aromatic heterocycles. The van der Waals surface area contributed by atoms with Gasteiger partial charge in [0.15, 0.2) is 0 Å². The molecule has 1 rings (SSSR count). The first-order valence-corrected chi connectivity index (χ1v) is 7.18. The first kappa shape index (κ1) is 14.1. The molecule has 0 amide bonds. The zero-order chi connectivity index (χ0) is 12.1. The summed E-state index contributed by atoms with van der Waals surface area (Å²) >= 11 is 13.7. The first-order valence-electron chi connectivity index (χ1n) is 5.03. The normalized spacial score (nSPS) is 13.1. The molecule has 0 N–H and O–H groups in total. The van der Waals surface area contributed by atoms with Gasteiger partial charge in [-0.3, -0.25) is 4.90 Å². The van der Waals surface area contributed by atoms with E-state index in [0.717, 1.165) is 17.9 Å². The SMILES string of the molecule is CSCC(C)N(C)Cc1cnc(Cl)cc1Cl. The molecule has 0 bridgehead atoms. The highest BCUT2D eigenvalue weighted by atomic mass is 35.5. The van der Waals surface area contributed by atoms with Gasteiger partial charge in [0.25, 0.3) is 0 Å². The molecule has 5 heteroatoms. The quantitative estimate of drug-likeness (QED) is 0.766. The summed E-state index contributed by atoms with van der Waals surface area (Å²) < 4.78 is 0. The van der Waals surface area contributed by atoms with E-state index in [1.807, 2.05) is 11.8 Å². The van der Waals surface area contributed by atoms with Crippen molar-refractivity contribution in [2.45, 2.75) is 19.5 Å². The van der Waals surface area contributed by atoms with Gasteiger partial charge >= 0.3 is 0 Å². The summed E-state index contributed by atoms with van der Waals surface area (Å²) in [5, 5.41) is 1.12. The largest absolute Gasteiger partial charge is 0.299 e. The molecular formula is C11H16Cl2N2S. The molecule has 1 atom stereocenters. The predicted molar refractivity (Wildman–Crippen MR) is 73.6 cm³/mol. The molecule has 0 fully saturated rings. The maximum absolute atomic E-state index is 6.10. The summed E-state index contributed by atoms with van der Waals surface area (Å²) in [4.78, 5) is 6.30. The lowest BCUT2D eigenvalue weighted by molar-refractivity contribution is 0.269. The third kappa shape index (κ3) is 4.13. The fraction of sp³-hybridized carbons (Fsp3) is 0.545. The molecule has 0 spiro atoms. The topological polar surface area (TPSA) is 16.1 Å². The highest BCUT2D eigenvalue weighted by Crippen LogP contribution is 2.20. The molecule has 90 valence electrons. The summed E-state index contributed by atoms with van der Waals surface area (Å²) in [5.74, 6) is 1.11. The van der Waals surface area contributed by atoms with Gasteiger partial charge in [-0.1, -0.05) is 23.2 Å². The predicted octanol–water partition coefficient (Wildman–Crippen LogP) is 3.57. The molecule has 0 aliphatic heterocycles. The van der Waals surface area contributed by atoms with Crippen LogP contribution in [0.2, 0.25) is 10.2 Å². The van der Waals surface area contributed by atoms with Crippen LogP contribution in [0.15, 0.2) is 12.3 Å². The summed E-state index contributed by atoms with van der Waals surface area (Å²) in [6.07, 6.45) is 3.86. The van der Waals surface area contributed by atoms with Gasteiger partial charge in [-0.25, -0.2) is 4.98 Å². The van der Waals surface area contributed by atoms with Gasteiger partial charge < -0.3 is 0 Å². The second-order valence-electron chi connectivity index (χ2n) is 3.82. The first-order chi connectivity index (χ1) is 7.54. The molecule has 0 saturated carbocycles. The minimum atomic E-state index is 0.438. The maximum atomic E-state index is 6.10. The Morgan fingerprint density at radius 2 is 2.19 bits per heavy atom. The Bertz CT molecular complexity index is 347. The van der Waals surface area contributed by atoms with Crippen LogP contribution in [-0.2, 0) is 6.54 Å². The minimum absolute atomic E-state index is 0.438. The van der Waals surface area contributed by atoms with Gasteiger partial charge in [0.2, 0.25) is 0 Å². The summed E-state index contributed by atoms with van der Waals surface area (Å²) in [5.41, 5.74) is 1.02. The molecule has 1 heterocycles. The molecule has 0 aliphatic carbocycles. The van der Waals surface area contributed by atoms with Crippen LogP contribution < -0.4 is 0 Å². The lowest BCUT2D eigenvalue weighted by Crippen LogP contribution is -2.30. The van der Waals surface area contributed by atoms with Gasteiger partial charge in [0.05, 0.1) is 0 Å². The molecule has 1 aromatic rings. The van der Waals surface area contributed by atoms with Crippen LogP contribution in [0.5, 0.6) is 0 Å². The Morgan fingerprint density at radius 3 is 2.75 bits per heavy atom. The van der Waals surface area contributed by atoms with Crippen molar-refractivity contribution >= 4 is 35.0 Å². The number of hydrogen-bond donors (Lipinski definition) is 0. The van der Waals surface area contributed by atoms with E-state index in [0.29, 0.717) is 16.2 Å². The van der Waals surface area contributed by atoms with Crippen molar-refractivity contribution in [1.29, 1.82) is 0 Å². The van der Waals surface area contributed by atoms with Crippen molar-refractivity contribution in [3.63, 3.8) is 0 Å². The number of pyridine rings is 1. The number of halogens is 2. The second-order valence-corrected chi connectivity index (χ2v) is 5.52. The van der Waals surface area contributed by atoms with Crippen LogP contribution in [0.4, 0.5) is 0 Å². The Balaban J connectivity index is 2.65. The van der Waals surface area contributed by atoms with E-state index in [1.165, 1.54) is 0 Å². The third-order valence-electron chi connectivity index (χ3n) is 2.48. The molecular weight excluding hydrogens is 263 g/mol. The van der Waals surface area contributed by atoms with Crippen molar-refractivity contribution < 1.29 is 0 Å². The standard InChI is InChI=1S/C11H16Cl2N2S/c1-8(7-16-3)15(2)6-9-5-14-11(13)4-10(9)12/h4-5,8H,6-7H2,1-3H3. The number of rotatable bonds is 5. The number of aromatic nitrogens is 1. The third-order valence-corrected chi connectivity index (χ3v) is 3.85. The summed E-state index contributed by atoms with van der Waals surface area (Å²) in [6, 6.07) is 2.20. The lowest BCUT2D eigenvalue weighted by Gasteiger charge is -2.24. The fourth-order valence-corrected chi connectivity index (χ4v) is 2.51. The number of hydrogen-bond acceptors (Lipinski definition) is 3. The van der Waals surface area contributed by atoms with E-state index >= 15 is 0 Å². The average Bonchev–Trinajstić information content (AvgIpc) is 2.22. The lowest BCUT2D eigenvalue weighted by atomic mass is 10.2. The van der Waals surface area contributed by atoms with Crippen molar-refractivity contribution in [1.82, 2.24) is 9.88 Å². The van der Waals surface area contributed by atoms with Gasteiger partial charge in [-0.05, 0) is 26.3 Å².